The Morgan fingerprint density at radius 1 is 1.18 bits per heavy atom. The third-order valence-corrected chi connectivity index (χ3v) is 3.53. The Morgan fingerprint density at radius 3 is 2.59 bits per heavy atom. The van der Waals surface area contributed by atoms with Crippen LogP contribution < -0.4 is 5.56 Å². The van der Waals surface area contributed by atoms with Crippen LogP contribution in [0, 0.1) is 5.82 Å². The van der Waals surface area contributed by atoms with Gasteiger partial charge in [-0.3, -0.25) is 9.20 Å². The van der Waals surface area contributed by atoms with Crippen LogP contribution in [0.5, 0.6) is 0 Å². The molecule has 0 amide bonds. The summed E-state index contributed by atoms with van der Waals surface area (Å²) >= 11 is 0. The van der Waals surface area contributed by atoms with E-state index in [9.17, 15) is 14.3 Å². The van der Waals surface area contributed by atoms with E-state index in [-0.39, 0.29) is 16.9 Å². The van der Waals surface area contributed by atoms with Crippen LogP contribution in [0.25, 0.3) is 16.8 Å². The van der Waals surface area contributed by atoms with E-state index in [1.54, 1.807) is 44.3 Å². The minimum atomic E-state index is -1.26. The maximum absolute atomic E-state index is 13.3. The van der Waals surface area contributed by atoms with Crippen LogP contribution in [0.15, 0.2) is 53.6 Å². The number of pyridine rings is 1. The van der Waals surface area contributed by atoms with E-state index in [1.165, 1.54) is 22.7 Å². The van der Waals surface area contributed by atoms with Crippen LogP contribution in [-0.4, -0.2) is 14.5 Å². The van der Waals surface area contributed by atoms with Gasteiger partial charge in [-0.05, 0) is 49.2 Å². The second-order valence-corrected chi connectivity index (χ2v) is 5.69. The van der Waals surface area contributed by atoms with Crippen LogP contribution in [-0.2, 0) is 5.60 Å². The summed E-state index contributed by atoms with van der Waals surface area (Å²) in [5.74, 6) is -0.319. The fourth-order valence-corrected chi connectivity index (χ4v) is 2.34. The molecule has 22 heavy (non-hydrogen) atoms. The van der Waals surface area contributed by atoms with Gasteiger partial charge < -0.3 is 5.11 Å². The predicted molar refractivity (Wildman–Crippen MR) is 82.1 cm³/mol. The highest BCUT2D eigenvalue weighted by Crippen LogP contribution is 2.21. The first-order valence-electron chi connectivity index (χ1n) is 6.86. The lowest BCUT2D eigenvalue weighted by atomic mass is 10.0. The SMILES string of the molecule is CC(C)(O)c1cnc2cc(-c3cccc(F)c3)ccn2c1=O. The molecule has 0 aliphatic carbocycles. The summed E-state index contributed by atoms with van der Waals surface area (Å²) in [5.41, 5.74) is 0.573. The van der Waals surface area contributed by atoms with Crippen LogP contribution in [0.3, 0.4) is 0 Å². The smallest absolute Gasteiger partial charge is 0.263 e. The average molecular weight is 298 g/mol. The third kappa shape index (κ3) is 2.51. The Bertz CT molecular complexity index is 910. The Balaban J connectivity index is 2.19. The molecule has 112 valence electrons. The molecule has 5 heteroatoms. The number of rotatable bonds is 2. The van der Waals surface area contributed by atoms with Crippen molar-refractivity contribution in [3.63, 3.8) is 0 Å². The summed E-state index contributed by atoms with van der Waals surface area (Å²) in [7, 11) is 0. The van der Waals surface area contributed by atoms with Gasteiger partial charge >= 0.3 is 0 Å². The molecule has 0 aliphatic rings. The van der Waals surface area contributed by atoms with E-state index >= 15 is 0 Å². The van der Waals surface area contributed by atoms with Crippen molar-refractivity contribution in [1.29, 1.82) is 0 Å². The topological polar surface area (TPSA) is 54.6 Å². The fraction of sp³-hybridized carbons (Fsp3) is 0.176. The van der Waals surface area contributed by atoms with Gasteiger partial charge in [-0.1, -0.05) is 12.1 Å². The monoisotopic (exact) mass is 298 g/mol. The standard InChI is InChI=1S/C17H15FN2O2/c1-17(2,22)14-10-19-15-9-12(6-7-20(15)16(14)21)11-4-3-5-13(18)8-11/h3-10,22H,1-2H3. The van der Waals surface area contributed by atoms with Gasteiger partial charge in [0.1, 0.15) is 11.5 Å². The number of benzene rings is 1. The van der Waals surface area contributed by atoms with Crippen LogP contribution in [0.2, 0.25) is 0 Å². The molecule has 0 fully saturated rings. The lowest BCUT2D eigenvalue weighted by Gasteiger charge is -2.16. The summed E-state index contributed by atoms with van der Waals surface area (Å²) in [6.07, 6.45) is 2.97. The van der Waals surface area contributed by atoms with Crippen molar-refractivity contribution in [1.82, 2.24) is 9.38 Å². The molecule has 2 heterocycles. The number of fused-ring (bicyclic) bond motifs is 1. The second-order valence-electron chi connectivity index (χ2n) is 5.69. The lowest BCUT2D eigenvalue weighted by molar-refractivity contribution is 0.0765. The molecule has 0 saturated heterocycles. The molecular formula is C17H15FN2O2. The Labute approximate surface area is 126 Å². The van der Waals surface area contributed by atoms with Crippen LogP contribution in [0.4, 0.5) is 4.39 Å². The first-order valence-corrected chi connectivity index (χ1v) is 6.86. The van der Waals surface area contributed by atoms with Gasteiger partial charge in [-0.25, -0.2) is 9.37 Å². The fourth-order valence-electron chi connectivity index (χ4n) is 2.34. The Kier molecular flexibility index (Phi) is 3.30. The van der Waals surface area contributed by atoms with Crippen molar-refractivity contribution in [2.24, 2.45) is 0 Å². The third-order valence-electron chi connectivity index (χ3n) is 3.53. The van der Waals surface area contributed by atoms with E-state index in [4.69, 9.17) is 0 Å². The molecule has 0 radical (unpaired) electrons. The molecule has 0 bridgehead atoms. The molecular weight excluding hydrogens is 283 g/mol. The second kappa shape index (κ2) is 5.03. The summed E-state index contributed by atoms with van der Waals surface area (Å²) in [4.78, 5) is 16.6. The highest BCUT2D eigenvalue weighted by Gasteiger charge is 2.21. The van der Waals surface area contributed by atoms with Gasteiger partial charge in [0.05, 0.1) is 11.2 Å². The highest BCUT2D eigenvalue weighted by atomic mass is 19.1. The zero-order chi connectivity index (χ0) is 15.9. The molecule has 1 aromatic carbocycles. The van der Waals surface area contributed by atoms with Gasteiger partial charge in [-0.15, -0.1) is 0 Å². The van der Waals surface area contributed by atoms with Gasteiger partial charge in [0, 0.05) is 12.4 Å². The zero-order valence-corrected chi connectivity index (χ0v) is 12.2. The van der Waals surface area contributed by atoms with E-state index in [0.717, 1.165) is 5.56 Å². The Morgan fingerprint density at radius 2 is 1.91 bits per heavy atom. The lowest BCUT2D eigenvalue weighted by Crippen LogP contribution is -2.29. The molecule has 2 aromatic heterocycles. The minimum Gasteiger partial charge on any atom is -0.385 e. The summed E-state index contributed by atoms with van der Waals surface area (Å²) in [6.45, 7) is 3.08. The number of halogens is 1. The number of aliphatic hydroxyl groups is 1. The number of nitrogens with zero attached hydrogens (tertiary/aromatic N) is 2. The van der Waals surface area contributed by atoms with Crippen molar-refractivity contribution in [2.75, 3.05) is 0 Å². The normalized spacial score (nSPS) is 11.8. The first-order chi connectivity index (χ1) is 10.4. The maximum atomic E-state index is 13.3. The molecule has 0 spiro atoms. The molecule has 4 nitrogen and oxygen atoms in total. The Hall–Kier alpha value is -2.53. The molecule has 3 aromatic rings. The maximum Gasteiger partial charge on any atom is 0.263 e. The van der Waals surface area contributed by atoms with Gasteiger partial charge in [0.15, 0.2) is 0 Å². The number of hydrogen-bond acceptors (Lipinski definition) is 3. The predicted octanol–water partition coefficient (Wildman–Crippen LogP) is 2.73. The quantitative estimate of drug-likeness (QED) is 0.791. The van der Waals surface area contributed by atoms with Gasteiger partial charge in [0.25, 0.3) is 5.56 Å². The minimum absolute atomic E-state index is 0.225. The van der Waals surface area contributed by atoms with E-state index < -0.39 is 5.60 Å². The largest absolute Gasteiger partial charge is 0.385 e. The molecule has 0 unspecified atom stereocenters. The van der Waals surface area contributed by atoms with Crippen molar-refractivity contribution in [3.8, 4) is 11.1 Å². The average Bonchev–Trinajstić information content (AvgIpc) is 2.46. The van der Waals surface area contributed by atoms with E-state index in [0.29, 0.717) is 11.2 Å². The highest BCUT2D eigenvalue weighted by molar-refractivity contribution is 5.67. The molecule has 3 rings (SSSR count). The van der Waals surface area contributed by atoms with Crippen LogP contribution in [0.1, 0.15) is 19.4 Å². The summed E-state index contributed by atoms with van der Waals surface area (Å²) < 4.78 is 14.7. The summed E-state index contributed by atoms with van der Waals surface area (Å²) in [5, 5.41) is 10.00. The molecule has 0 aliphatic heterocycles. The van der Waals surface area contributed by atoms with Crippen molar-refractivity contribution < 1.29 is 9.50 Å². The van der Waals surface area contributed by atoms with E-state index in [2.05, 4.69) is 4.98 Å². The van der Waals surface area contributed by atoms with E-state index in [1.807, 2.05) is 0 Å². The van der Waals surface area contributed by atoms with Crippen molar-refractivity contribution >= 4 is 5.65 Å². The molecule has 1 N–H and O–H groups in total. The first kappa shape index (κ1) is 14.4. The van der Waals surface area contributed by atoms with Crippen molar-refractivity contribution in [3.05, 3.63) is 70.5 Å². The zero-order valence-electron chi connectivity index (χ0n) is 12.2. The van der Waals surface area contributed by atoms with Gasteiger partial charge in [-0.2, -0.15) is 0 Å². The van der Waals surface area contributed by atoms with Gasteiger partial charge in [0.2, 0.25) is 0 Å². The molecule has 0 saturated carbocycles. The van der Waals surface area contributed by atoms with Crippen molar-refractivity contribution in [2.45, 2.75) is 19.4 Å². The van der Waals surface area contributed by atoms with Crippen LogP contribution >= 0.6 is 0 Å². The summed E-state index contributed by atoms with van der Waals surface area (Å²) in [6, 6.07) is 9.66. The molecule has 0 atom stereocenters. The number of hydrogen-bond donors (Lipinski definition) is 1. The number of aromatic nitrogens is 2.